The molecule has 1 aromatic heterocycles. The lowest BCUT2D eigenvalue weighted by atomic mass is 10.2. The Morgan fingerprint density at radius 2 is 2.21 bits per heavy atom. The van der Waals surface area contributed by atoms with Crippen LogP contribution in [0, 0.1) is 3.57 Å². The quantitative estimate of drug-likeness (QED) is 0.687. The molecule has 1 aromatic rings. The number of hydrogen-bond donors (Lipinski definition) is 2. The number of anilines is 2. The highest BCUT2D eigenvalue weighted by atomic mass is 127. The molecule has 1 aliphatic heterocycles. The Morgan fingerprint density at radius 3 is 2.75 bits per heavy atom. The van der Waals surface area contributed by atoms with Crippen molar-refractivity contribution >= 4 is 40.2 Å². The Balaban J connectivity index is 2.19. The van der Waals surface area contributed by atoms with Crippen LogP contribution in [0.25, 0.3) is 0 Å². The average Bonchev–Trinajstić information content (AvgIpc) is 2.85. The lowest BCUT2D eigenvalue weighted by Crippen LogP contribution is -2.35. The van der Waals surface area contributed by atoms with Gasteiger partial charge in [0.1, 0.15) is 11.4 Å². The van der Waals surface area contributed by atoms with E-state index in [-0.39, 0.29) is 12.6 Å². The summed E-state index contributed by atoms with van der Waals surface area (Å²) in [7, 11) is 1.64. The van der Waals surface area contributed by atoms with Crippen molar-refractivity contribution in [3.8, 4) is 0 Å². The number of β-amino-alcohol motifs (C(OH)–C–C–N with tert-alkyl or cyclic N) is 1. The van der Waals surface area contributed by atoms with E-state index in [1.807, 2.05) is 31.7 Å². The number of aliphatic hydroxyl groups is 2. The van der Waals surface area contributed by atoms with Crippen molar-refractivity contribution in [1.82, 2.24) is 4.98 Å². The van der Waals surface area contributed by atoms with Crippen LogP contribution in [-0.4, -0.2) is 59.2 Å². The van der Waals surface area contributed by atoms with E-state index >= 15 is 0 Å². The fourth-order valence-electron chi connectivity index (χ4n) is 2.59. The van der Waals surface area contributed by atoms with E-state index < -0.39 is 17.8 Å². The zero-order valence-corrected chi connectivity index (χ0v) is 16.5. The molecule has 0 bridgehead atoms. The lowest BCUT2D eigenvalue weighted by Gasteiger charge is -2.27. The van der Waals surface area contributed by atoms with Crippen molar-refractivity contribution in [2.75, 3.05) is 30.0 Å². The minimum absolute atomic E-state index is 0.0329. The smallest absolute Gasteiger partial charge is 0.414 e. The molecule has 2 heterocycles. The number of amides is 1. The minimum Gasteiger partial charge on any atom is -0.443 e. The molecule has 1 aliphatic rings. The molecule has 0 aliphatic carbocycles. The molecule has 1 saturated heterocycles. The highest BCUT2D eigenvalue weighted by Crippen LogP contribution is 2.29. The van der Waals surface area contributed by atoms with Crippen molar-refractivity contribution in [3.63, 3.8) is 0 Å². The Bertz CT molecular complexity index is 605. The van der Waals surface area contributed by atoms with Crippen LogP contribution in [0.15, 0.2) is 12.3 Å². The van der Waals surface area contributed by atoms with Gasteiger partial charge >= 0.3 is 6.09 Å². The maximum Gasteiger partial charge on any atom is 0.414 e. The van der Waals surface area contributed by atoms with Crippen LogP contribution in [0.2, 0.25) is 0 Å². The summed E-state index contributed by atoms with van der Waals surface area (Å²) in [5.74, 6) is 0.677. The normalized spacial score (nSPS) is 21.0. The maximum atomic E-state index is 12.2. The number of pyridine rings is 1. The molecule has 2 atom stereocenters. The number of nitrogens with zero attached hydrogens (tertiary/aromatic N) is 3. The molecule has 8 heteroatoms. The van der Waals surface area contributed by atoms with Gasteiger partial charge in [0.15, 0.2) is 0 Å². The predicted octanol–water partition coefficient (Wildman–Crippen LogP) is 1.99. The topological polar surface area (TPSA) is 86.1 Å². The Labute approximate surface area is 155 Å². The molecule has 1 fully saturated rings. The van der Waals surface area contributed by atoms with Crippen LogP contribution >= 0.6 is 22.6 Å². The monoisotopic (exact) mass is 449 g/mol. The van der Waals surface area contributed by atoms with E-state index in [0.29, 0.717) is 24.5 Å². The van der Waals surface area contributed by atoms with E-state index in [4.69, 9.17) is 4.74 Å². The third-order valence-corrected chi connectivity index (χ3v) is 4.61. The number of aliphatic hydroxyl groups excluding tert-OH is 2. The molecule has 0 aromatic carbocycles. The van der Waals surface area contributed by atoms with Crippen molar-refractivity contribution in [3.05, 3.63) is 15.8 Å². The summed E-state index contributed by atoms with van der Waals surface area (Å²) >= 11 is 2.14. The van der Waals surface area contributed by atoms with Gasteiger partial charge in [0.05, 0.1) is 30.6 Å². The average molecular weight is 449 g/mol. The number of aromatic nitrogens is 1. The molecule has 0 spiro atoms. The molecule has 2 N–H and O–H groups in total. The van der Waals surface area contributed by atoms with Crippen molar-refractivity contribution in [2.24, 2.45) is 0 Å². The number of hydrogen-bond acceptors (Lipinski definition) is 6. The maximum absolute atomic E-state index is 12.2. The number of halogens is 1. The molecule has 24 heavy (non-hydrogen) atoms. The van der Waals surface area contributed by atoms with Gasteiger partial charge in [-0.2, -0.15) is 0 Å². The standard InChI is InChI=1S/C16H24IN3O4/c1-16(2,3)24-15(23)19(4)13-7-18-14(6-12(13)17)20-8-11(22)5-10(20)9-21/h6-7,10-11,21-22H,5,8-9H2,1-4H3/t10-,11-/m1/s1. The molecule has 0 saturated carbocycles. The van der Waals surface area contributed by atoms with Gasteiger partial charge in [-0.05, 0) is 55.8 Å². The van der Waals surface area contributed by atoms with Gasteiger partial charge in [0.2, 0.25) is 0 Å². The first kappa shape index (κ1) is 19.2. The first-order valence-corrected chi connectivity index (χ1v) is 8.88. The summed E-state index contributed by atoms with van der Waals surface area (Å²) in [5.41, 5.74) is 0.0818. The lowest BCUT2D eigenvalue weighted by molar-refractivity contribution is 0.0589. The predicted molar refractivity (Wildman–Crippen MR) is 100 cm³/mol. The molecule has 1 amide bonds. The van der Waals surface area contributed by atoms with Crippen LogP contribution in [0.3, 0.4) is 0 Å². The van der Waals surface area contributed by atoms with Crippen LogP contribution in [0.4, 0.5) is 16.3 Å². The molecular formula is C16H24IN3O4. The second-order valence-electron chi connectivity index (χ2n) is 6.91. The fraction of sp³-hybridized carbons (Fsp3) is 0.625. The molecule has 134 valence electrons. The van der Waals surface area contributed by atoms with E-state index in [1.54, 1.807) is 13.2 Å². The summed E-state index contributed by atoms with van der Waals surface area (Å²) in [6.07, 6.45) is 1.22. The van der Waals surface area contributed by atoms with Gasteiger partial charge in [0, 0.05) is 17.2 Å². The first-order valence-electron chi connectivity index (χ1n) is 7.80. The summed E-state index contributed by atoms with van der Waals surface area (Å²) in [6, 6.07) is 1.70. The number of ether oxygens (including phenoxy) is 1. The molecule has 7 nitrogen and oxygen atoms in total. The van der Waals surface area contributed by atoms with E-state index in [0.717, 1.165) is 3.57 Å². The van der Waals surface area contributed by atoms with Crippen LogP contribution in [0.1, 0.15) is 27.2 Å². The number of carbonyl (C=O) groups is 1. The van der Waals surface area contributed by atoms with Gasteiger partial charge in [0.25, 0.3) is 0 Å². The van der Waals surface area contributed by atoms with Gasteiger partial charge in [-0.15, -0.1) is 0 Å². The second-order valence-corrected chi connectivity index (χ2v) is 8.07. The second kappa shape index (κ2) is 7.40. The molecule has 0 unspecified atom stereocenters. The van der Waals surface area contributed by atoms with E-state index in [2.05, 4.69) is 27.6 Å². The van der Waals surface area contributed by atoms with Crippen molar-refractivity contribution in [2.45, 2.75) is 44.9 Å². The number of carbonyl (C=O) groups excluding carboxylic acids is 1. The molecule has 2 rings (SSSR count). The van der Waals surface area contributed by atoms with Gasteiger partial charge in [-0.25, -0.2) is 9.78 Å². The van der Waals surface area contributed by atoms with Crippen LogP contribution in [-0.2, 0) is 4.74 Å². The third kappa shape index (κ3) is 4.48. The highest BCUT2D eigenvalue weighted by Gasteiger charge is 2.32. The fourth-order valence-corrected chi connectivity index (χ4v) is 3.37. The van der Waals surface area contributed by atoms with Gasteiger partial charge < -0.3 is 19.8 Å². The highest BCUT2D eigenvalue weighted by molar-refractivity contribution is 14.1. The van der Waals surface area contributed by atoms with E-state index in [9.17, 15) is 15.0 Å². The van der Waals surface area contributed by atoms with E-state index in [1.165, 1.54) is 4.90 Å². The van der Waals surface area contributed by atoms with Crippen molar-refractivity contribution < 1.29 is 19.7 Å². The van der Waals surface area contributed by atoms with Gasteiger partial charge in [-0.3, -0.25) is 4.90 Å². The molecular weight excluding hydrogens is 425 g/mol. The zero-order chi connectivity index (χ0) is 18.1. The summed E-state index contributed by atoms with van der Waals surface area (Å²) < 4.78 is 6.20. The molecule has 0 radical (unpaired) electrons. The Morgan fingerprint density at radius 1 is 1.54 bits per heavy atom. The van der Waals surface area contributed by atoms with Gasteiger partial charge in [-0.1, -0.05) is 0 Å². The Hall–Kier alpha value is -1.13. The summed E-state index contributed by atoms with van der Waals surface area (Å²) in [5, 5.41) is 19.3. The van der Waals surface area contributed by atoms with Crippen LogP contribution in [0.5, 0.6) is 0 Å². The largest absolute Gasteiger partial charge is 0.443 e. The van der Waals surface area contributed by atoms with Crippen LogP contribution < -0.4 is 9.80 Å². The zero-order valence-electron chi connectivity index (χ0n) is 14.4. The first-order chi connectivity index (χ1) is 11.1. The summed E-state index contributed by atoms with van der Waals surface area (Å²) in [4.78, 5) is 19.9. The minimum atomic E-state index is -0.565. The van der Waals surface area contributed by atoms with Crippen molar-refractivity contribution in [1.29, 1.82) is 0 Å². The SMILES string of the molecule is CN(C(=O)OC(C)(C)C)c1cnc(N2C[C@H](O)C[C@@H]2CO)cc1I. The summed E-state index contributed by atoms with van der Waals surface area (Å²) in [6.45, 7) is 5.86. The third-order valence-electron chi connectivity index (χ3n) is 3.75. The Kier molecular flexibility index (Phi) is 5.92. The number of rotatable bonds is 3.